The SMILES string of the molecule is CSC(CO)C(C)Nc1ccc(C(N)=O)nn1. The van der Waals surface area contributed by atoms with Crippen molar-refractivity contribution in [1.82, 2.24) is 10.2 Å². The van der Waals surface area contributed by atoms with Gasteiger partial charge >= 0.3 is 0 Å². The van der Waals surface area contributed by atoms with E-state index in [1.165, 1.54) is 6.07 Å². The molecule has 0 aromatic carbocycles. The van der Waals surface area contributed by atoms with Crippen molar-refractivity contribution >= 4 is 23.5 Å². The van der Waals surface area contributed by atoms with Crippen LogP contribution in [0.15, 0.2) is 12.1 Å². The van der Waals surface area contributed by atoms with Gasteiger partial charge in [-0.1, -0.05) is 0 Å². The Morgan fingerprint density at radius 2 is 2.29 bits per heavy atom. The monoisotopic (exact) mass is 256 g/mol. The van der Waals surface area contributed by atoms with Gasteiger partial charge in [-0.15, -0.1) is 10.2 Å². The average molecular weight is 256 g/mol. The minimum atomic E-state index is -0.602. The summed E-state index contributed by atoms with van der Waals surface area (Å²) in [5.41, 5.74) is 5.19. The summed E-state index contributed by atoms with van der Waals surface area (Å²) in [4.78, 5) is 10.8. The van der Waals surface area contributed by atoms with Gasteiger partial charge in [-0.25, -0.2) is 0 Å². The Balaban J connectivity index is 2.65. The number of rotatable bonds is 6. The van der Waals surface area contributed by atoms with Gasteiger partial charge in [-0.05, 0) is 25.3 Å². The second-order valence-corrected chi connectivity index (χ2v) is 4.63. The van der Waals surface area contributed by atoms with Crippen LogP contribution in [0.5, 0.6) is 0 Å². The highest BCUT2D eigenvalue weighted by molar-refractivity contribution is 7.99. The maximum atomic E-state index is 10.8. The van der Waals surface area contributed by atoms with Crippen molar-refractivity contribution < 1.29 is 9.90 Å². The van der Waals surface area contributed by atoms with E-state index in [0.717, 1.165) is 0 Å². The molecule has 0 bridgehead atoms. The number of anilines is 1. The van der Waals surface area contributed by atoms with Crippen molar-refractivity contribution in [2.75, 3.05) is 18.2 Å². The van der Waals surface area contributed by atoms with Crippen LogP contribution in [-0.2, 0) is 0 Å². The number of amides is 1. The Bertz CT molecular complexity index is 367. The van der Waals surface area contributed by atoms with E-state index in [2.05, 4.69) is 15.5 Å². The highest BCUT2D eigenvalue weighted by atomic mass is 32.2. The summed E-state index contributed by atoms with van der Waals surface area (Å²) in [7, 11) is 0. The zero-order chi connectivity index (χ0) is 12.8. The summed E-state index contributed by atoms with van der Waals surface area (Å²) in [5.74, 6) is -0.0514. The lowest BCUT2D eigenvalue weighted by Crippen LogP contribution is -2.31. The van der Waals surface area contributed by atoms with Gasteiger partial charge < -0.3 is 16.2 Å². The van der Waals surface area contributed by atoms with Crippen LogP contribution < -0.4 is 11.1 Å². The van der Waals surface area contributed by atoms with Crippen molar-refractivity contribution in [1.29, 1.82) is 0 Å². The number of hydrogen-bond donors (Lipinski definition) is 3. The van der Waals surface area contributed by atoms with Gasteiger partial charge in [0.2, 0.25) is 0 Å². The number of carbonyl (C=O) groups is 1. The third kappa shape index (κ3) is 3.86. The Kier molecular flexibility index (Phi) is 5.17. The van der Waals surface area contributed by atoms with Crippen LogP contribution in [0, 0.1) is 0 Å². The summed E-state index contributed by atoms with van der Waals surface area (Å²) in [6.45, 7) is 2.03. The molecule has 7 heteroatoms. The van der Waals surface area contributed by atoms with Crippen molar-refractivity contribution in [3.05, 3.63) is 17.8 Å². The lowest BCUT2D eigenvalue weighted by Gasteiger charge is -2.21. The van der Waals surface area contributed by atoms with Gasteiger partial charge in [0.15, 0.2) is 5.69 Å². The first-order chi connectivity index (χ1) is 8.08. The van der Waals surface area contributed by atoms with Crippen molar-refractivity contribution in [3.8, 4) is 0 Å². The molecular formula is C10H16N4O2S. The largest absolute Gasteiger partial charge is 0.395 e. The number of hydrogen-bond acceptors (Lipinski definition) is 6. The average Bonchev–Trinajstić information content (AvgIpc) is 2.31. The van der Waals surface area contributed by atoms with Crippen molar-refractivity contribution in [2.24, 2.45) is 5.73 Å². The molecule has 0 aliphatic rings. The molecule has 1 aromatic heterocycles. The molecule has 1 rings (SSSR count). The molecule has 17 heavy (non-hydrogen) atoms. The van der Waals surface area contributed by atoms with Gasteiger partial charge in [-0.2, -0.15) is 11.8 Å². The number of thioether (sulfide) groups is 1. The fraction of sp³-hybridized carbons (Fsp3) is 0.500. The van der Waals surface area contributed by atoms with Gasteiger partial charge in [0, 0.05) is 11.3 Å². The Morgan fingerprint density at radius 1 is 1.59 bits per heavy atom. The van der Waals surface area contributed by atoms with Gasteiger partial charge in [0.25, 0.3) is 5.91 Å². The third-order valence-electron chi connectivity index (χ3n) is 2.33. The van der Waals surface area contributed by atoms with E-state index in [-0.39, 0.29) is 23.6 Å². The lowest BCUT2D eigenvalue weighted by atomic mass is 10.2. The second kappa shape index (κ2) is 6.41. The number of nitrogens with two attached hydrogens (primary N) is 1. The number of aliphatic hydroxyl groups is 1. The van der Waals surface area contributed by atoms with E-state index in [0.29, 0.717) is 5.82 Å². The molecule has 1 aromatic rings. The Hall–Kier alpha value is -1.34. The van der Waals surface area contributed by atoms with E-state index in [4.69, 9.17) is 10.8 Å². The molecular weight excluding hydrogens is 240 g/mol. The summed E-state index contributed by atoms with van der Waals surface area (Å²) in [5, 5.41) is 19.8. The number of carbonyl (C=O) groups excluding carboxylic acids is 1. The molecule has 0 spiro atoms. The molecule has 0 aliphatic heterocycles. The minimum Gasteiger partial charge on any atom is -0.395 e. The Labute approximate surface area is 104 Å². The fourth-order valence-electron chi connectivity index (χ4n) is 1.30. The molecule has 0 radical (unpaired) electrons. The normalized spacial score (nSPS) is 14.1. The quantitative estimate of drug-likeness (QED) is 0.667. The standard InChI is InChI=1S/C10H16N4O2S/c1-6(8(5-15)17-2)12-9-4-3-7(10(11)16)13-14-9/h3-4,6,8,15H,5H2,1-2H3,(H2,11,16)(H,12,14). The molecule has 1 amide bonds. The number of nitrogens with zero attached hydrogens (tertiary/aromatic N) is 2. The molecule has 2 atom stereocenters. The van der Waals surface area contributed by atoms with E-state index >= 15 is 0 Å². The van der Waals surface area contributed by atoms with Crippen LogP contribution in [0.25, 0.3) is 0 Å². The zero-order valence-electron chi connectivity index (χ0n) is 9.75. The number of aliphatic hydroxyl groups excluding tert-OH is 1. The zero-order valence-corrected chi connectivity index (χ0v) is 10.6. The second-order valence-electron chi connectivity index (χ2n) is 3.56. The smallest absolute Gasteiger partial charge is 0.269 e. The van der Waals surface area contributed by atoms with E-state index < -0.39 is 5.91 Å². The van der Waals surface area contributed by atoms with Gasteiger partial charge in [0.1, 0.15) is 5.82 Å². The third-order valence-corrected chi connectivity index (χ3v) is 3.50. The maximum Gasteiger partial charge on any atom is 0.269 e. The molecule has 4 N–H and O–H groups in total. The predicted octanol–water partition coefficient (Wildman–Crippen LogP) is 0.0998. The molecule has 0 saturated carbocycles. The first-order valence-electron chi connectivity index (χ1n) is 5.12. The lowest BCUT2D eigenvalue weighted by molar-refractivity contribution is 0.0994. The first-order valence-corrected chi connectivity index (χ1v) is 6.41. The predicted molar refractivity (Wildman–Crippen MR) is 68.0 cm³/mol. The number of aromatic nitrogens is 2. The first kappa shape index (κ1) is 13.7. The summed E-state index contributed by atoms with van der Waals surface area (Å²) >= 11 is 1.57. The van der Waals surface area contributed by atoms with Crippen LogP contribution in [0.3, 0.4) is 0 Å². The van der Waals surface area contributed by atoms with E-state index in [9.17, 15) is 4.79 Å². The molecule has 0 saturated heterocycles. The summed E-state index contributed by atoms with van der Waals surface area (Å²) < 4.78 is 0. The van der Waals surface area contributed by atoms with Crippen molar-refractivity contribution in [3.63, 3.8) is 0 Å². The summed E-state index contributed by atoms with van der Waals surface area (Å²) in [6.07, 6.45) is 1.93. The molecule has 0 aliphatic carbocycles. The van der Waals surface area contributed by atoms with E-state index in [1.807, 2.05) is 13.2 Å². The maximum absolute atomic E-state index is 10.8. The molecule has 0 fully saturated rings. The van der Waals surface area contributed by atoms with Gasteiger partial charge in [0.05, 0.1) is 6.61 Å². The van der Waals surface area contributed by atoms with Crippen LogP contribution in [0.2, 0.25) is 0 Å². The fourth-order valence-corrected chi connectivity index (χ4v) is 1.93. The highest BCUT2D eigenvalue weighted by Crippen LogP contribution is 2.14. The molecule has 94 valence electrons. The summed E-state index contributed by atoms with van der Waals surface area (Å²) in [6, 6.07) is 3.19. The van der Waals surface area contributed by atoms with Crippen LogP contribution >= 0.6 is 11.8 Å². The minimum absolute atomic E-state index is 0.0451. The molecule has 1 heterocycles. The molecule has 2 unspecified atom stereocenters. The Morgan fingerprint density at radius 3 is 2.71 bits per heavy atom. The topological polar surface area (TPSA) is 101 Å². The molecule has 6 nitrogen and oxygen atoms in total. The van der Waals surface area contributed by atoms with Crippen molar-refractivity contribution in [2.45, 2.75) is 18.2 Å². The van der Waals surface area contributed by atoms with E-state index in [1.54, 1.807) is 17.8 Å². The number of primary amides is 1. The van der Waals surface area contributed by atoms with Crippen LogP contribution in [-0.4, -0.2) is 45.4 Å². The highest BCUT2D eigenvalue weighted by Gasteiger charge is 2.15. The number of nitrogens with one attached hydrogen (secondary N) is 1. The van der Waals surface area contributed by atoms with Gasteiger partial charge in [-0.3, -0.25) is 4.79 Å². The van der Waals surface area contributed by atoms with Crippen LogP contribution in [0.1, 0.15) is 17.4 Å². The van der Waals surface area contributed by atoms with Crippen LogP contribution in [0.4, 0.5) is 5.82 Å².